The van der Waals surface area contributed by atoms with Gasteiger partial charge in [0.15, 0.2) is 28.2 Å². The zero-order chi connectivity index (χ0) is 19.1. The van der Waals surface area contributed by atoms with Crippen LogP contribution in [0.4, 0.5) is 33.3 Å². The fourth-order valence-corrected chi connectivity index (χ4v) is 3.35. The molecule has 0 saturated heterocycles. The highest BCUT2D eigenvalue weighted by Crippen LogP contribution is 2.31. The second-order valence-electron chi connectivity index (χ2n) is 5.28. The molecule has 0 spiro atoms. The Labute approximate surface area is 141 Å². The molecule has 0 amide bonds. The summed E-state index contributed by atoms with van der Waals surface area (Å²) in [5.41, 5.74) is 0.695. The molecule has 2 aromatic rings. The zero-order valence-electron chi connectivity index (χ0n) is 13.3. The number of nitrogens with zero attached hydrogens (tertiary/aromatic N) is 2. The van der Waals surface area contributed by atoms with E-state index in [-0.39, 0.29) is 5.69 Å². The highest BCUT2D eigenvalue weighted by molar-refractivity contribution is 7.92. The van der Waals surface area contributed by atoms with Crippen molar-refractivity contribution in [1.82, 2.24) is 0 Å². The van der Waals surface area contributed by atoms with Gasteiger partial charge in [0.25, 0.3) is 10.0 Å². The van der Waals surface area contributed by atoms with Crippen LogP contribution >= 0.6 is 0 Å². The van der Waals surface area contributed by atoms with Gasteiger partial charge >= 0.3 is 0 Å². The van der Waals surface area contributed by atoms with Crippen molar-refractivity contribution in [2.75, 3.05) is 30.3 Å². The summed E-state index contributed by atoms with van der Waals surface area (Å²) in [7, 11) is -0.602. The van der Waals surface area contributed by atoms with Crippen LogP contribution in [0.3, 0.4) is 0 Å². The van der Waals surface area contributed by atoms with Crippen molar-refractivity contribution >= 4 is 21.4 Å². The third-order valence-corrected chi connectivity index (χ3v) is 5.32. The molecule has 10 heteroatoms. The van der Waals surface area contributed by atoms with Gasteiger partial charge in [-0.1, -0.05) is 0 Å². The minimum Gasteiger partial charge on any atom is -0.378 e. The van der Waals surface area contributed by atoms with E-state index in [0.717, 1.165) is 7.05 Å². The number of anilines is 2. The molecule has 0 saturated carbocycles. The number of halogens is 5. The van der Waals surface area contributed by atoms with E-state index in [9.17, 15) is 30.4 Å². The Morgan fingerprint density at radius 1 is 0.680 bits per heavy atom. The van der Waals surface area contributed by atoms with Crippen LogP contribution in [-0.4, -0.2) is 29.6 Å². The molecule has 0 aliphatic rings. The third-order valence-electron chi connectivity index (χ3n) is 3.52. The van der Waals surface area contributed by atoms with Gasteiger partial charge in [-0.2, -0.15) is 0 Å². The van der Waals surface area contributed by atoms with E-state index in [2.05, 4.69) is 0 Å². The number of hydrogen-bond acceptors (Lipinski definition) is 3. The molecule has 2 aromatic carbocycles. The number of sulfonamides is 1. The number of benzene rings is 2. The Hall–Kier alpha value is -2.36. The maximum atomic E-state index is 13.8. The van der Waals surface area contributed by atoms with E-state index >= 15 is 0 Å². The Balaban J connectivity index is 2.59. The topological polar surface area (TPSA) is 40.6 Å². The molecule has 0 radical (unpaired) electrons. The normalized spacial score (nSPS) is 11.5. The van der Waals surface area contributed by atoms with E-state index in [4.69, 9.17) is 0 Å². The fourth-order valence-electron chi connectivity index (χ4n) is 2.05. The molecule has 0 atom stereocenters. The molecular formula is C15H13F5N2O2S. The molecule has 0 aliphatic carbocycles. The van der Waals surface area contributed by atoms with Gasteiger partial charge in [0.2, 0.25) is 5.82 Å². The van der Waals surface area contributed by atoms with Crippen LogP contribution in [0.1, 0.15) is 0 Å². The van der Waals surface area contributed by atoms with Gasteiger partial charge in [0.1, 0.15) is 0 Å². The summed E-state index contributed by atoms with van der Waals surface area (Å²) < 4.78 is 92.5. The molecule has 25 heavy (non-hydrogen) atoms. The lowest BCUT2D eigenvalue weighted by Crippen LogP contribution is -2.29. The van der Waals surface area contributed by atoms with Crippen molar-refractivity contribution in [2.45, 2.75) is 4.90 Å². The van der Waals surface area contributed by atoms with Crippen molar-refractivity contribution < 1.29 is 30.4 Å². The van der Waals surface area contributed by atoms with Crippen molar-refractivity contribution in [2.24, 2.45) is 0 Å². The van der Waals surface area contributed by atoms with Gasteiger partial charge < -0.3 is 4.90 Å². The van der Waals surface area contributed by atoms with E-state index in [1.54, 1.807) is 19.0 Å². The molecule has 0 bridgehead atoms. The fraction of sp³-hybridized carbons (Fsp3) is 0.200. The first-order valence-corrected chi connectivity index (χ1v) is 8.22. The molecule has 0 heterocycles. The molecule has 0 fully saturated rings. The van der Waals surface area contributed by atoms with Crippen LogP contribution in [0.25, 0.3) is 0 Å². The van der Waals surface area contributed by atoms with Gasteiger partial charge in [-0.3, -0.25) is 4.31 Å². The second kappa shape index (κ2) is 6.51. The predicted molar refractivity (Wildman–Crippen MR) is 82.6 cm³/mol. The number of hydrogen-bond donors (Lipinski definition) is 0. The molecule has 0 N–H and O–H groups in total. The lowest BCUT2D eigenvalue weighted by Gasteiger charge is -2.21. The number of rotatable bonds is 4. The van der Waals surface area contributed by atoms with Crippen molar-refractivity contribution in [1.29, 1.82) is 0 Å². The van der Waals surface area contributed by atoms with Crippen molar-refractivity contribution in [3.8, 4) is 0 Å². The van der Waals surface area contributed by atoms with Gasteiger partial charge in [0, 0.05) is 26.8 Å². The molecule has 136 valence electrons. The van der Waals surface area contributed by atoms with E-state index in [1.807, 2.05) is 0 Å². The Bertz CT molecular complexity index is 886. The van der Waals surface area contributed by atoms with Crippen LogP contribution < -0.4 is 9.21 Å². The molecule has 2 rings (SSSR count). The summed E-state index contributed by atoms with van der Waals surface area (Å²) in [6, 6.07) is 5.72. The van der Waals surface area contributed by atoms with Crippen LogP contribution in [0.15, 0.2) is 29.2 Å². The predicted octanol–water partition coefficient (Wildman–Crippen LogP) is 3.27. The minimum absolute atomic E-state index is 0.0189. The monoisotopic (exact) mass is 380 g/mol. The van der Waals surface area contributed by atoms with Gasteiger partial charge in [-0.15, -0.1) is 0 Å². The summed E-state index contributed by atoms with van der Waals surface area (Å²) in [5, 5.41) is 0. The zero-order valence-corrected chi connectivity index (χ0v) is 14.1. The summed E-state index contributed by atoms with van der Waals surface area (Å²) in [6.07, 6.45) is 0. The van der Waals surface area contributed by atoms with E-state index in [0.29, 0.717) is 9.99 Å². The third kappa shape index (κ3) is 3.13. The Kier molecular flexibility index (Phi) is 4.94. The standard InChI is InChI=1S/C15H13F5N2O2S/c1-21(2)8-4-6-9(7-5-8)22(3)25(23,24)15-13(19)11(17)10(16)12(18)14(15)20/h4-7H,1-3H3. The van der Waals surface area contributed by atoms with Crippen LogP contribution in [0, 0.1) is 29.1 Å². The molecule has 0 aliphatic heterocycles. The largest absolute Gasteiger partial charge is 0.378 e. The summed E-state index contributed by atoms with van der Waals surface area (Å²) in [4.78, 5) is -0.175. The maximum absolute atomic E-state index is 13.8. The molecular weight excluding hydrogens is 367 g/mol. The van der Waals surface area contributed by atoms with Crippen LogP contribution in [0.2, 0.25) is 0 Å². The van der Waals surface area contributed by atoms with Crippen LogP contribution in [0.5, 0.6) is 0 Å². The Morgan fingerprint density at radius 2 is 1.04 bits per heavy atom. The van der Waals surface area contributed by atoms with Gasteiger partial charge in [-0.25, -0.2) is 30.4 Å². The second-order valence-corrected chi connectivity index (χ2v) is 7.19. The highest BCUT2D eigenvalue weighted by atomic mass is 32.2. The molecule has 4 nitrogen and oxygen atoms in total. The average molecular weight is 380 g/mol. The van der Waals surface area contributed by atoms with Crippen LogP contribution in [-0.2, 0) is 10.0 Å². The lowest BCUT2D eigenvalue weighted by atomic mass is 10.3. The van der Waals surface area contributed by atoms with Crippen molar-refractivity contribution in [3.63, 3.8) is 0 Å². The molecule has 0 unspecified atom stereocenters. The average Bonchev–Trinajstić information content (AvgIpc) is 2.57. The van der Waals surface area contributed by atoms with E-state index < -0.39 is 44.0 Å². The van der Waals surface area contributed by atoms with Gasteiger partial charge in [0.05, 0.1) is 5.69 Å². The first-order valence-electron chi connectivity index (χ1n) is 6.78. The summed E-state index contributed by atoms with van der Waals surface area (Å²) >= 11 is 0. The SMILES string of the molecule is CN(C)c1ccc(N(C)S(=O)(=O)c2c(F)c(F)c(F)c(F)c2F)cc1. The minimum atomic E-state index is -5.03. The first-order chi connectivity index (χ1) is 11.5. The van der Waals surface area contributed by atoms with Crippen molar-refractivity contribution in [3.05, 3.63) is 53.4 Å². The van der Waals surface area contributed by atoms with E-state index in [1.165, 1.54) is 24.3 Å². The highest BCUT2D eigenvalue weighted by Gasteiger charge is 2.36. The first kappa shape index (κ1) is 19.0. The Morgan fingerprint density at radius 3 is 1.44 bits per heavy atom. The smallest absolute Gasteiger partial charge is 0.270 e. The summed E-state index contributed by atoms with van der Waals surface area (Å²) in [6.45, 7) is 0. The quantitative estimate of drug-likeness (QED) is 0.464. The maximum Gasteiger partial charge on any atom is 0.270 e. The lowest BCUT2D eigenvalue weighted by molar-refractivity contribution is 0.357. The molecule has 0 aromatic heterocycles. The van der Waals surface area contributed by atoms with Gasteiger partial charge in [-0.05, 0) is 24.3 Å². The summed E-state index contributed by atoms with van der Waals surface area (Å²) in [5.74, 6) is -11.9.